The highest BCUT2D eigenvalue weighted by molar-refractivity contribution is 5.70. The molecule has 0 radical (unpaired) electrons. The van der Waals surface area contributed by atoms with E-state index < -0.39 is 11.6 Å². The Morgan fingerprint density at radius 2 is 1.81 bits per heavy atom. The molecule has 0 saturated heterocycles. The molecule has 2 fully saturated rings. The molecule has 2 saturated carbocycles. The van der Waals surface area contributed by atoms with Gasteiger partial charge in [-0.2, -0.15) is 0 Å². The third-order valence-corrected chi connectivity index (χ3v) is 4.90. The predicted molar refractivity (Wildman–Crippen MR) is 80.2 cm³/mol. The second-order valence-electron chi connectivity index (χ2n) is 6.64. The Hall–Kier alpha value is -0.650. The molecule has 0 spiro atoms. The number of carbonyl (C=O) groups is 1. The number of rotatable bonds is 7. The van der Waals surface area contributed by atoms with Crippen molar-refractivity contribution in [2.75, 3.05) is 19.7 Å². The minimum atomic E-state index is -0.739. The van der Waals surface area contributed by atoms with Gasteiger partial charge in [-0.15, -0.1) is 0 Å². The van der Waals surface area contributed by atoms with Gasteiger partial charge in [-0.1, -0.05) is 19.3 Å². The van der Waals surface area contributed by atoms with E-state index in [-0.39, 0.29) is 5.92 Å². The molecule has 0 heterocycles. The lowest BCUT2D eigenvalue weighted by molar-refractivity contribution is -0.144. The van der Waals surface area contributed by atoms with Crippen LogP contribution in [0, 0.1) is 5.92 Å². The SMILES string of the molecule is O=C(O)C1CCC(O)(CNCCOC2CCCCC2)CC1. The van der Waals surface area contributed by atoms with E-state index in [4.69, 9.17) is 9.84 Å². The predicted octanol–water partition coefficient (Wildman–Crippen LogP) is 1.93. The summed E-state index contributed by atoms with van der Waals surface area (Å²) in [6.07, 6.45) is 8.97. The van der Waals surface area contributed by atoms with Crippen LogP contribution in [0.4, 0.5) is 0 Å². The molecule has 21 heavy (non-hydrogen) atoms. The van der Waals surface area contributed by atoms with E-state index in [9.17, 15) is 9.90 Å². The van der Waals surface area contributed by atoms with E-state index >= 15 is 0 Å². The largest absolute Gasteiger partial charge is 0.481 e. The van der Waals surface area contributed by atoms with Crippen LogP contribution in [0.1, 0.15) is 57.8 Å². The van der Waals surface area contributed by atoms with Gasteiger partial charge in [0.05, 0.1) is 24.2 Å². The summed E-state index contributed by atoms with van der Waals surface area (Å²) < 4.78 is 5.83. The van der Waals surface area contributed by atoms with Gasteiger partial charge in [-0.05, 0) is 38.5 Å². The summed E-state index contributed by atoms with van der Waals surface area (Å²) in [4.78, 5) is 10.9. The summed E-state index contributed by atoms with van der Waals surface area (Å²) in [6.45, 7) is 1.98. The molecule has 5 heteroatoms. The van der Waals surface area contributed by atoms with Crippen molar-refractivity contribution in [3.05, 3.63) is 0 Å². The molecular weight excluding hydrogens is 270 g/mol. The summed E-state index contributed by atoms with van der Waals surface area (Å²) in [7, 11) is 0. The number of hydrogen-bond acceptors (Lipinski definition) is 4. The quantitative estimate of drug-likeness (QED) is 0.626. The van der Waals surface area contributed by atoms with Crippen molar-refractivity contribution in [1.29, 1.82) is 0 Å². The van der Waals surface area contributed by atoms with Crippen molar-refractivity contribution in [1.82, 2.24) is 5.32 Å². The normalized spacial score (nSPS) is 31.2. The fraction of sp³-hybridized carbons (Fsp3) is 0.938. The van der Waals surface area contributed by atoms with Crippen LogP contribution in [0.2, 0.25) is 0 Å². The first-order chi connectivity index (χ1) is 10.1. The fourth-order valence-electron chi connectivity index (χ4n) is 3.43. The van der Waals surface area contributed by atoms with E-state index in [1.807, 2.05) is 0 Å². The molecule has 122 valence electrons. The third kappa shape index (κ3) is 5.57. The van der Waals surface area contributed by atoms with Gasteiger partial charge in [-0.3, -0.25) is 4.79 Å². The van der Waals surface area contributed by atoms with Crippen LogP contribution in [0.25, 0.3) is 0 Å². The van der Waals surface area contributed by atoms with Crippen molar-refractivity contribution in [2.45, 2.75) is 69.5 Å². The Kier molecular flexibility index (Phi) is 6.45. The van der Waals surface area contributed by atoms with E-state index in [0.29, 0.717) is 44.9 Å². The lowest BCUT2D eigenvalue weighted by atomic mass is 9.79. The standard InChI is InChI=1S/C16H29NO4/c18-15(19)13-6-8-16(20,9-7-13)12-17-10-11-21-14-4-2-1-3-5-14/h13-14,17,20H,1-12H2,(H,18,19). The van der Waals surface area contributed by atoms with E-state index in [1.165, 1.54) is 32.1 Å². The topological polar surface area (TPSA) is 78.8 Å². The third-order valence-electron chi connectivity index (χ3n) is 4.90. The Balaban J connectivity index is 1.55. The van der Waals surface area contributed by atoms with Crippen LogP contribution < -0.4 is 5.32 Å². The maximum Gasteiger partial charge on any atom is 0.306 e. The Morgan fingerprint density at radius 3 is 2.43 bits per heavy atom. The molecule has 0 aromatic rings. The first-order valence-corrected chi connectivity index (χ1v) is 8.37. The molecule has 0 aromatic heterocycles. The van der Waals surface area contributed by atoms with Crippen LogP contribution in [-0.2, 0) is 9.53 Å². The molecule has 0 bridgehead atoms. The van der Waals surface area contributed by atoms with Gasteiger partial charge in [0.1, 0.15) is 0 Å². The molecule has 2 rings (SSSR count). The second-order valence-corrected chi connectivity index (χ2v) is 6.64. The number of carboxylic acid groups (broad SMARTS) is 1. The molecule has 0 unspecified atom stereocenters. The second kappa shape index (κ2) is 8.11. The average molecular weight is 299 g/mol. The van der Waals surface area contributed by atoms with Gasteiger partial charge in [0.2, 0.25) is 0 Å². The number of carboxylic acids is 1. The van der Waals surface area contributed by atoms with E-state index in [2.05, 4.69) is 5.32 Å². The van der Waals surface area contributed by atoms with Crippen LogP contribution in [0.5, 0.6) is 0 Å². The Bertz CT molecular complexity index is 320. The zero-order chi connectivity index (χ0) is 15.1. The van der Waals surface area contributed by atoms with Crippen LogP contribution >= 0.6 is 0 Å². The molecule has 2 aliphatic carbocycles. The molecule has 0 amide bonds. The molecule has 5 nitrogen and oxygen atoms in total. The van der Waals surface area contributed by atoms with Crippen LogP contribution in [-0.4, -0.2) is 47.6 Å². The average Bonchev–Trinajstić information content (AvgIpc) is 2.48. The molecule has 0 aliphatic heterocycles. The first kappa shape index (κ1) is 16.7. The van der Waals surface area contributed by atoms with Gasteiger partial charge >= 0.3 is 5.97 Å². The van der Waals surface area contributed by atoms with Crippen molar-refractivity contribution in [2.24, 2.45) is 5.92 Å². The Morgan fingerprint density at radius 1 is 1.14 bits per heavy atom. The molecule has 2 aliphatic rings. The zero-order valence-electron chi connectivity index (χ0n) is 12.9. The molecular formula is C16H29NO4. The Labute approximate surface area is 127 Å². The summed E-state index contributed by atoms with van der Waals surface area (Å²) in [5, 5.41) is 22.6. The van der Waals surface area contributed by atoms with Crippen molar-refractivity contribution in [3.8, 4) is 0 Å². The van der Waals surface area contributed by atoms with Crippen molar-refractivity contribution in [3.63, 3.8) is 0 Å². The van der Waals surface area contributed by atoms with Crippen molar-refractivity contribution >= 4 is 5.97 Å². The lowest BCUT2D eigenvalue weighted by Crippen LogP contribution is -2.45. The van der Waals surface area contributed by atoms with Gasteiger partial charge in [0.25, 0.3) is 0 Å². The van der Waals surface area contributed by atoms with Crippen LogP contribution in [0.15, 0.2) is 0 Å². The summed E-state index contributed by atoms with van der Waals surface area (Å²) in [5.74, 6) is -1.01. The van der Waals surface area contributed by atoms with Crippen molar-refractivity contribution < 1.29 is 19.7 Å². The highest BCUT2D eigenvalue weighted by atomic mass is 16.5. The first-order valence-electron chi connectivity index (χ1n) is 8.37. The van der Waals surface area contributed by atoms with E-state index in [0.717, 1.165) is 6.54 Å². The number of aliphatic hydroxyl groups is 1. The molecule has 0 aromatic carbocycles. The zero-order valence-corrected chi connectivity index (χ0v) is 12.9. The maximum atomic E-state index is 10.9. The fourth-order valence-corrected chi connectivity index (χ4v) is 3.43. The highest BCUT2D eigenvalue weighted by Crippen LogP contribution is 2.31. The van der Waals surface area contributed by atoms with Gasteiger partial charge in [0.15, 0.2) is 0 Å². The van der Waals surface area contributed by atoms with Gasteiger partial charge in [-0.25, -0.2) is 0 Å². The number of ether oxygens (including phenoxy) is 1. The summed E-state index contributed by atoms with van der Waals surface area (Å²) >= 11 is 0. The maximum absolute atomic E-state index is 10.9. The van der Waals surface area contributed by atoms with Gasteiger partial charge in [0, 0.05) is 13.1 Å². The summed E-state index contributed by atoms with van der Waals surface area (Å²) in [6, 6.07) is 0. The number of aliphatic carboxylic acids is 1. The molecule has 3 N–H and O–H groups in total. The highest BCUT2D eigenvalue weighted by Gasteiger charge is 2.35. The smallest absolute Gasteiger partial charge is 0.306 e. The van der Waals surface area contributed by atoms with E-state index in [1.54, 1.807) is 0 Å². The van der Waals surface area contributed by atoms with Crippen LogP contribution in [0.3, 0.4) is 0 Å². The number of hydrogen-bond donors (Lipinski definition) is 3. The minimum Gasteiger partial charge on any atom is -0.481 e. The molecule has 0 atom stereocenters. The summed E-state index contributed by atoms with van der Waals surface area (Å²) in [5.41, 5.74) is -0.739. The number of nitrogens with one attached hydrogen (secondary N) is 1. The monoisotopic (exact) mass is 299 g/mol. The lowest BCUT2D eigenvalue weighted by Gasteiger charge is -2.34. The van der Waals surface area contributed by atoms with Gasteiger partial charge < -0.3 is 20.3 Å². The minimum absolute atomic E-state index is 0.278.